The summed E-state index contributed by atoms with van der Waals surface area (Å²) in [6.07, 6.45) is 4.35. The predicted molar refractivity (Wildman–Crippen MR) is 74.9 cm³/mol. The topological polar surface area (TPSA) is 96.3 Å². The van der Waals surface area contributed by atoms with Gasteiger partial charge >= 0.3 is 6.16 Å². The summed E-state index contributed by atoms with van der Waals surface area (Å²) in [6.45, 7) is 2.31. The van der Waals surface area contributed by atoms with Crippen LogP contribution < -0.4 is 0 Å². The van der Waals surface area contributed by atoms with Crippen molar-refractivity contribution in [1.29, 1.82) is 0 Å². The van der Waals surface area contributed by atoms with Crippen molar-refractivity contribution in [2.45, 2.75) is 6.92 Å². The summed E-state index contributed by atoms with van der Waals surface area (Å²) in [5, 5.41) is 15.8. The fraction of sp³-hybridized carbons (Fsp3) is 0.538. The zero-order valence-electron chi connectivity index (χ0n) is 12.7. The number of carboxylic acid groups (broad SMARTS) is 2. The van der Waals surface area contributed by atoms with Crippen molar-refractivity contribution < 1.29 is 50.3 Å². The summed E-state index contributed by atoms with van der Waals surface area (Å²) in [7, 11) is 5.49. The maximum atomic E-state index is 10.2. The van der Waals surface area contributed by atoms with E-state index in [4.69, 9.17) is 19.7 Å². The van der Waals surface area contributed by atoms with Gasteiger partial charge in [0.2, 0.25) is 0 Å². The van der Waals surface area contributed by atoms with Gasteiger partial charge in [0.15, 0.2) is 0 Å². The number of nitrogens with zero attached hydrogens (tertiary/aromatic N) is 1. The zero-order valence-corrected chi connectivity index (χ0v) is 15.7. The quantitative estimate of drug-likeness (QED) is 0.427. The van der Waals surface area contributed by atoms with E-state index in [1.807, 2.05) is 31.1 Å². The third-order valence-electron chi connectivity index (χ3n) is 1.65. The van der Waals surface area contributed by atoms with Crippen molar-refractivity contribution in [3.05, 3.63) is 23.8 Å². The molecule has 0 aromatic carbocycles. The van der Waals surface area contributed by atoms with Gasteiger partial charge in [-0.25, -0.2) is 4.79 Å². The number of rotatable bonds is 7. The minimum atomic E-state index is -1.28. The van der Waals surface area contributed by atoms with Crippen LogP contribution in [0.25, 0.3) is 0 Å². The number of ether oxygens (including phenoxy) is 2. The molecule has 0 heterocycles. The van der Waals surface area contributed by atoms with E-state index in [2.05, 4.69) is 4.74 Å². The van der Waals surface area contributed by atoms with Crippen LogP contribution in [0.15, 0.2) is 23.8 Å². The van der Waals surface area contributed by atoms with Crippen LogP contribution in [0.2, 0.25) is 0 Å². The normalized spacial score (nSPS) is 10.6. The van der Waals surface area contributed by atoms with Gasteiger partial charge in [0.05, 0.1) is 6.61 Å². The molecule has 7 nitrogen and oxygen atoms in total. The fourth-order valence-electron chi connectivity index (χ4n) is 0.954. The van der Waals surface area contributed by atoms with Crippen LogP contribution in [-0.4, -0.2) is 68.2 Å². The van der Waals surface area contributed by atoms with Crippen LogP contribution in [-0.2, 0) is 35.3 Å². The molecule has 8 heteroatoms. The molecule has 0 aliphatic carbocycles. The van der Waals surface area contributed by atoms with E-state index in [0.29, 0.717) is 6.61 Å². The second kappa shape index (κ2) is 16.9. The molecule has 0 spiro atoms. The maximum absolute atomic E-state index is 10.2. The number of carbonyl (C=O) groups is 2. The van der Waals surface area contributed by atoms with E-state index >= 15 is 0 Å². The smallest absolute Gasteiger partial charge is 0.481 e. The summed E-state index contributed by atoms with van der Waals surface area (Å²) in [6, 6.07) is 0. The first kappa shape index (κ1) is 24.8. The molecule has 21 heavy (non-hydrogen) atoms. The van der Waals surface area contributed by atoms with Crippen molar-refractivity contribution in [3.8, 4) is 0 Å². The molecule has 0 atom stereocenters. The van der Waals surface area contributed by atoms with Gasteiger partial charge in [0.25, 0.3) is 5.97 Å². The van der Waals surface area contributed by atoms with E-state index in [9.17, 15) is 4.79 Å². The Morgan fingerprint density at radius 2 is 1.71 bits per heavy atom. The molecule has 0 amide bonds. The summed E-state index contributed by atoms with van der Waals surface area (Å²) in [4.78, 5) is 21.2. The van der Waals surface area contributed by atoms with Crippen LogP contribution in [0.5, 0.6) is 0 Å². The van der Waals surface area contributed by atoms with Crippen molar-refractivity contribution in [2.75, 3.05) is 41.0 Å². The van der Waals surface area contributed by atoms with Crippen molar-refractivity contribution in [1.82, 2.24) is 4.90 Å². The molecule has 0 radical (unpaired) electrons. The molecule has 0 aliphatic heterocycles. The number of methoxy groups -OCH3 is 1. The first-order valence-corrected chi connectivity index (χ1v) is 5.83. The van der Waals surface area contributed by atoms with E-state index in [1.54, 1.807) is 13.2 Å². The number of allylic oxidation sites excluding steroid dienone is 2. The molecule has 0 saturated carbocycles. The van der Waals surface area contributed by atoms with Gasteiger partial charge in [-0.2, -0.15) is 0 Å². The average molecular weight is 473 g/mol. The fourth-order valence-corrected chi connectivity index (χ4v) is 0.954. The van der Waals surface area contributed by atoms with E-state index in [1.165, 1.54) is 0 Å². The second-order valence-corrected chi connectivity index (χ2v) is 4.02. The molecule has 2 N–H and O–H groups in total. The molecule has 0 aromatic rings. The maximum Gasteiger partial charge on any atom is 0.506 e. The van der Waals surface area contributed by atoms with Crippen LogP contribution in [0, 0.1) is 0 Å². The third-order valence-corrected chi connectivity index (χ3v) is 1.65. The second-order valence-electron chi connectivity index (χ2n) is 4.02. The monoisotopic (exact) mass is 473 g/mol. The Morgan fingerprint density at radius 3 is 2.10 bits per heavy atom. The van der Waals surface area contributed by atoms with Gasteiger partial charge in [-0.15, -0.1) is 0 Å². The molecule has 0 fully saturated rings. The van der Waals surface area contributed by atoms with Gasteiger partial charge in [-0.3, -0.25) is 4.79 Å². The SMILES string of the molecule is CC(=O)O.COCC(=CC=CCN(C)C)COC(=O)O.[W]. The van der Waals surface area contributed by atoms with Gasteiger partial charge in [-0.1, -0.05) is 18.2 Å². The van der Waals surface area contributed by atoms with Crippen molar-refractivity contribution >= 4 is 12.1 Å². The Bertz CT molecular complexity index is 338. The van der Waals surface area contributed by atoms with E-state index < -0.39 is 12.1 Å². The third kappa shape index (κ3) is 27.9. The predicted octanol–water partition coefficient (Wildman–Crippen LogP) is 1.46. The van der Waals surface area contributed by atoms with Crippen LogP contribution in [0.1, 0.15) is 6.92 Å². The van der Waals surface area contributed by atoms with Crippen molar-refractivity contribution in [2.24, 2.45) is 0 Å². The molecule has 122 valence electrons. The van der Waals surface area contributed by atoms with Gasteiger partial charge in [-0.05, 0) is 19.7 Å². The first-order valence-electron chi connectivity index (χ1n) is 5.83. The molecule has 0 saturated heterocycles. The van der Waals surface area contributed by atoms with Crippen molar-refractivity contribution in [3.63, 3.8) is 0 Å². The number of hydrogen-bond donors (Lipinski definition) is 2. The summed E-state index contributed by atoms with van der Waals surface area (Å²) in [5.41, 5.74) is 0.778. The standard InChI is InChI=1S/C11H19NO4.C2H4O2.W/c1-12(2)7-5-4-6-10(8-15-3)9-16-11(13)14;1-2(3)4;/h4-6H,7-9H2,1-3H3,(H,13,14);1H3,(H,3,4);. The summed E-state index contributed by atoms with van der Waals surface area (Å²) >= 11 is 0. The molecule has 0 rings (SSSR count). The van der Waals surface area contributed by atoms with Gasteiger partial charge in [0, 0.05) is 41.6 Å². The summed E-state index contributed by atoms with van der Waals surface area (Å²) < 4.78 is 9.39. The molecule has 0 unspecified atom stereocenters. The number of hydrogen-bond acceptors (Lipinski definition) is 5. The number of aliphatic carboxylic acids is 1. The van der Waals surface area contributed by atoms with E-state index in [0.717, 1.165) is 19.0 Å². The molecular formula is C13H23NO6W. The van der Waals surface area contributed by atoms with Crippen LogP contribution in [0.3, 0.4) is 0 Å². The Hall–Kier alpha value is -1.17. The molecule has 0 aliphatic rings. The average Bonchev–Trinajstić information content (AvgIpc) is 2.30. The minimum absolute atomic E-state index is 0. The molecule has 0 aromatic heterocycles. The molecular weight excluding hydrogens is 450 g/mol. The van der Waals surface area contributed by atoms with Gasteiger partial charge < -0.3 is 24.6 Å². The number of likely N-dealkylation sites (N-methyl/N-ethyl adjacent to an activating group) is 1. The summed E-state index contributed by atoms with van der Waals surface area (Å²) in [5.74, 6) is -0.833. The van der Waals surface area contributed by atoms with E-state index in [-0.39, 0.29) is 27.7 Å². The Labute approximate surface area is 139 Å². The first-order chi connectivity index (χ1) is 9.29. The Kier molecular flexibility index (Phi) is 20.0. The Morgan fingerprint density at radius 1 is 1.19 bits per heavy atom. The largest absolute Gasteiger partial charge is 0.506 e. The number of carboxylic acids is 1. The van der Waals surface area contributed by atoms with Crippen LogP contribution >= 0.6 is 0 Å². The Balaban J connectivity index is -0.000000572. The minimum Gasteiger partial charge on any atom is -0.481 e. The zero-order chi connectivity index (χ0) is 16.0. The van der Waals surface area contributed by atoms with Crippen LogP contribution in [0.4, 0.5) is 4.79 Å². The molecule has 0 bridgehead atoms. The van der Waals surface area contributed by atoms with Gasteiger partial charge in [0.1, 0.15) is 6.61 Å².